The van der Waals surface area contributed by atoms with Gasteiger partial charge in [-0.1, -0.05) is 0 Å². The molecule has 0 spiro atoms. The second-order valence-corrected chi connectivity index (χ2v) is 1.91. The topological polar surface area (TPSA) is 30.0 Å². The average molecular weight is 126 g/mol. The molecule has 0 bridgehead atoms. The third kappa shape index (κ3) is 1.07. The molecule has 0 saturated carbocycles. The van der Waals surface area contributed by atoms with E-state index in [9.17, 15) is 4.21 Å². The maximum Gasteiger partial charge on any atom is 0.506 e. The summed E-state index contributed by atoms with van der Waals surface area (Å²) in [5.41, 5.74) is 0. The Bertz CT molecular complexity index is 175. The second-order valence-electron chi connectivity index (χ2n) is 1.27. The Hall–Kier alpha value is -0.830. The number of pyridine rings is 1. The lowest BCUT2D eigenvalue weighted by molar-refractivity contribution is 0.604. The average Bonchev–Trinajstić information content (AvgIpc) is 1.90. The molecule has 0 aliphatic heterocycles. The predicted molar refractivity (Wildman–Crippen MR) is 30.6 cm³/mol. The van der Waals surface area contributed by atoms with Crippen molar-refractivity contribution >= 4 is 11.7 Å². The van der Waals surface area contributed by atoms with Crippen LogP contribution in [0.5, 0.6) is 0 Å². The lowest BCUT2D eigenvalue weighted by Gasteiger charge is -1.70. The van der Waals surface area contributed by atoms with Crippen LogP contribution in [0.4, 0.5) is 0 Å². The van der Waals surface area contributed by atoms with Crippen molar-refractivity contribution in [1.82, 2.24) is 4.98 Å². The van der Waals surface area contributed by atoms with Crippen molar-refractivity contribution in [3.63, 3.8) is 0 Å². The van der Waals surface area contributed by atoms with Crippen LogP contribution >= 0.6 is 0 Å². The van der Waals surface area contributed by atoms with Crippen LogP contribution in [0, 0.1) is 0 Å². The maximum absolute atomic E-state index is 10.0. The Morgan fingerprint density at radius 2 is 2.50 bits per heavy atom. The van der Waals surface area contributed by atoms with E-state index in [1.54, 1.807) is 18.3 Å². The van der Waals surface area contributed by atoms with Crippen molar-refractivity contribution < 1.29 is 4.21 Å². The van der Waals surface area contributed by atoms with Crippen molar-refractivity contribution in [2.24, 2.45) is 0 Å². The van der Waals surface area contributed by atoms with Gasteiger partial charge in [0.25, 0.3) is 0 Å². The molecule has 8 heavy (non-hydrogen) atoms. The fourth-order valence-electron chi connectivity index (χ4n) is 0.396. The Labute approximate surface area is 51.1 Å². The van der Waals surface area contributed by atoms with Crippen molar-refractivity contribution in [2.75, 3.05) is 0 Å². The Balaban J connectivity index is 2.99. The Kier molecular flexibility index (Phi) is 1.64. The number of hydrogen-bond donors (Lipinski definition) is 0. The number of rotatable bonds is 1. The molecule has 1 aromatic rings. The molecule has 0 amide bonds. The molecule has 2 nitrogen and oxygen atoms in total. The minimum atomic E-state index is 0.456. The van der Waals surface area contributed by atoms with E-state index in [1.165, 1.54) is 6.20 Å². The van der Waals surface area contributed by atoms with E-state index in [0.717, 1.165) is 0 Å². The maximum atomic E-state index is 10.0. The molecule has 1 rings (SSSR count). The molecule has 0 radical (unpaired) electrons. The summed E-state index contributed by atoms with van der Waals surface area (Å²) >= 11 is 0.456. The molecule has 0 aromatic carbocycles. The molecule has 40 valence electrons. The number of hydrogen-bond acceptors (Lipinski definition) is 2. The molecule has 0 atom stereocenters. The summed E-state index contributed by atoms with van der Waals surface area (Å²) in [7, 11) is 0. The van der Waals surface area contributed by atoms with Gasteiger partial charge in [0.1, 0.15) is 0 Å². The van der Waals surface area contributed by atoms with Gasteiger partial charge in [0.05, 0.1) is 6.20 Å². The van der Waals surface area contributed by atoms with E-state index in [4.69, 9.17) is 0 Å². The highest BCUT2D eigenvalue weighted by atomic mass is 32.1. The highest BCUT2D eigenvalue weighted by Crippen LogP contribution is 1.91. The largest absolute Gasteiger partial charge is 0.506 e. The molecule has 0 fully saturated rings. The van der Waals surface area contributed by atoms with Crippen LogP contribution in [0.2, 0.25) is 0 Å². The summed E-state index contributed by atoms with van der Waals surface area (Å²) in [6, 6.07) is 3.46. The van der Waals surface area contributed by atoms with Gasteiger partial charge in [-0.25, -0.2) is 0 Å². The van der Waals surface area contributed by atoms with Gasteiger partial charge in [-0.2, -0.15) is 0 Å². The van der Waals surface area contributed by atoms with E-state index in [2.05, 4.69) is 4.98 Å². The standard InChI is InChI=1S/C5H4NOS/c7-8-5-2-1-3-6-4-5/h1-4H/q+1. The zero-order valence-corrected chi connectivity index (χ0v) is 4.89. The summed E-state index contributed by atoms with van der Waals surface area (Å²) in [6.45, 7) is 0. The summed E-state index contributed by atoms with van der Waals surface area (Å²) in [5, 5.41) is 0. The first-order chi connectivity index (χ1) is 3.93. The SMILES string of the molecule is O=[S+]c1cccnc1. The van der Waals surface area contributed by atoms with Crippen LogP contribution in [-0.2, 0) is 15.9 Å². The van der Waals surface area contributed by atoms with Crippen molar-refractivity contribution in [3.05, 3.63) is 24.5 Å². The minimum absolute atomic E-state index is 0.456. The van der Waals surface area contributed by atoms with Crippen LogP contribution < -0.4 is 0 Å². The van der Waals surface area contributed by atoms with Gasteiger partial charge in [0.2, 0.25) is 0 Å². The molecule has 0 saturated heterocycles. The molecule has 3 heteroatoms. The fourth-order valence-corrected chi connectivity index (χ4v) is 0.634. The van der Waals surface area contributed by atoms with Crippen LogP contribution in [-0.4, -0.2) is 4.98 Å². The molecule has 1 heterocycles. The van der Waals surface area contributed by atoms with Gasteiger partial charge in [-0.15, -0.1) is 0 Å². The van der Waals surface area contributed by atoms with Gasteiger partial charge >= 0.3 is 16.6 Å². The van der Waals surface area contributed by atoms with E-state index >= 15 is 0 Å². The summed E-state index contributed by atoms with van der Waals surface area (Å²) < 4.78 is 10.0. The Morgan fingerprint density at radius 1 is 1.62 bits per heavy atom. The fraction of sp³-hybridized carbons (Fsp3) is 0. The lowest BCUT2D eigenvalue weighted by atomic mass is 10.5. The minimum Gasteiger partial charge on any atom is -0.259 e. The number of nitrogens with zero attached hydrogens (tertiary/aromatic N) is 1. The summed E-state index contributed by atoms with van der Waals surface area (Å²) in [6.07, 6.45) is 3.18. The summed E-state index contributed by atoms with van der Waals surface area (Å²) in [4.78, 5) is 4.39. The van der Waals surface area contributed by atoms with E-state index in [0.29, 0.717) is 16.6 Å². The monoisotopic (exact) mass is 126 g/mol. The van der Waals surface area contributed by atoms with Gasteiger partial charge in [0, 0.05) is 16.5 Å². The first-order valence-corrected chi connectivity index (χ1v) is 2.87. The normalized spacial score (nSPS) is 8.50. The lowest BCUT2D eigenvalue weighted by Crippen LogP contribution is -1.72. The molecule has 0 aliphatic carbocycles. The zero-order chi connectivity index (χ0) is 5.82. The van der Waals surface area contributed by atoms with E-state index in [-0.39, 0.29) is 0 Å². The highest BCUT2D eigenvalue weighted by Gasteiger charge is 2.01. The van der Waals surface area contributed by atoms with Crippen LogP contribution in [0.15, 0.2) is 29.4 Å². The molecule has 1 aromatic heterocycles. The van der Waals surface area contributed by atoms with E-state index < -0.39 is 0 Å². The predicted octanol–water partition coefficient (Wildman–Crippen LogP) is 0.869. The smallest absolute Gasteiger partial charge is 0.259 e. The second kappa shape index (κ2) is 2.47. The van der Waals surface area contributed by atoms with Crippen LogP contribution in [0.1, 0.15) is 0 Å². The van der Waals surface area contributed by atoms with Crippen molar-refractivity contribution in [3.8, 4) is 0 Å². The van der Waals surface area contributed by atoms with Crippen LogP contribution in [0.25, 0.3) is 0 Å². The van der Waals surface area contributed by atoms with Crippen molar-refractivity contribution in [2.45, 2.75) is 4.90 Å². The van der Waals surface area contributed by atoms with Gasteiger partial charge < -0.3 is 0 Å². The molecular formula is C5H4NOS+. The first kappa shape index (κ1) is 5.31. The van der Waals surface area contributed by atoms with Gasteiger partial charge in [-0.3, -0.25) is 4.98 Å². The molecule has 0 N–H and O–H groups in total. The third-order valence-electron chi connectivity index (χ3n) is 0.731. The number of aromatic nitrogens is 1. The van der Waals surface area contributed by atoms with Gasteiger partial charge in [-0.05, 0) is 6.07 Å². The third-order valence-corrected chi connectivity index (χ3v) is 1.16. The highest BCUT2D eigenvalue weighted by molar-refractivity contribution is 7.65. The zero-order valence-electron chi connectivity index (χ0n) is 4.07. The molecule has 0 aliphatic rings. The van der Waals surface area contributed by atoms with Crippen LogP contribution in [0.3, 0.4) is 0 Å². The van der Waals surface area contributed by atoms with Gasteiger partial charge in [0.15, 0.2) is 0 Å². The van der Waals surface area contributed by atoms with Crippen molar-refractivity contribution in [1.29, 1.82) is 0 Å². The quantitative estimate of drug-likeness (QED) is 0.522. The van der Waals surface area contributed by atoms with E-state index in [1.807, 2.05) is 0 Å². The molecular weight excluding hydrogens is 122 g/mol. The Morgan fingerprint density at radius 3 is 2.88 bits per heavy atom. The summed E-state index contributed by atoms with van der Waals surface area (Å²) in [5.74, 6) is 0. The molecule has 0 unspecified atom stereocenters. The first-order valence-electron chi connectivity index (χ1n) is 2.13.